The van der Waals surface area contributed by atoms with Gasteiger partial charge in [0.2, 0.25) is 0 Å². The lowest BCUT2D eigenvalue weighted by atomic mass is 9.86. The maximum Gasteiger partial charge on any atom is 0.306 e. The monoisotopic (exact) mass is 333 g/mol. The van der Waals surface area contributed by atoms with Crippen molar-refractivity contribution in [1.29, 1.82) is 0 Å². The van der Waals surface area contributed by atoms with Gasteiger partial charge in [0.1, 0.15) is 0 Å². The molecule has 1 atom stereocenters. The normalized spacial score (nSPS) is 16.8. The molecule has 1 N–H and O–H groups in total. The highest BCUT2D eigenvalue weighted by molar-refractivity contribution is 5.87. The largest absolute Gasteiger partial charge is 0.481 e. The molecule has 3 heteroatoms. The van der Waals surface area contributed by atoms with E-state index in [-0.39, 0.29) is 5.92 Å². The maximum absolute atomic E-state index is 11.5. The van der Waals surface area contributed by atoms with Crippen molar-refractivity contribution in [2.24, 2.45) is 5.92 Å². The van der Waals surface area contributed by atoms with E-state index in [1.165, 1.54) is 38.9 Å². The van der Waals surface area contributed by atoms with E-state index in [9.17, 15) is 9.90 Å². The molecule has 0 radical (unpaired) electrons. The van der Waals surface area contributed by atoms with Gasteiger partial charge in [0, 0.05) is 23.1 Å². The highest BCUT2D eigenvalue weighted by Crippen LogP contribution is 2.35. The van der Waals surface area contributed by atoms with Crippen molar-refractivity contribution in [3.63, 3.8) is 0 Å². The topological polar surface area (TPSA) is 42.2 Å². The van der Waals surface area contributed by atoms with Gasteiger partial charge in [-0.2, -0.15) is 0 Å². The third-order valence-corrected chi connectivity index (χ3v) is 5.39. The third kappa shape index (κ3) is 2.84. The summed E-state index contributed by atoms with van der Waals surface area (Å²) >= 11 is 0. The molecule has 0 bridgehead atoms. The number of aliphatic carboxylic acids is 1. The molecule has 1 heterocycles. The summed E-state index contributed by atoms with van der Waals surface area (Å²) in [4.78, 5) is 11.5. The SMILES string of the molecule is Cc1cccc(Cn2c3c(c4cc(C)ccc42)CC(C(=O)O)CC3)c1. The van der Waals surface area contributed by atoms with Crippen molar-refractivity contribution in [2.45, 2.75) is 39.7 Å². The molecule has 25 heavy (non-hydrogen) atoms. The van der Waals surface area contributed by atoms with Crippen molar-refractivity contribution >= 4 is 16.9 Å². The highest BCUT2D eigenvalue weighted by atomic mass is 16.4. The van der Waals surface area contributed by atoms with Crippen LogP contribution in [0.3, 0.4) is 0 Å². The zero-order valence-corrected chi connectivity index (χ0v) is 14.7. The highest BCUT2D eigenvalue weighted by Gasteiger charge is 2.29. The molecule has 1 aromatic heterocycles. The Labute approximate surface area is 147 Å². The summed E-state index contributed by atoms with van der Waals surface area (Å²) in [5.74, 6) is -0.927. The number of hydrogen-bond donors (Lipinski definition) is 1. The Morgan fingerprint density at radius 3 is 2.72 bits per heavy atom. The van der Waals surface area contributed by atoms with E-state index < -0.39 is 5.97 Å². The molecule has 0 amide bonds. The average molecular weight is 333 g/mol. The molecule has 3 nitrogen and oxygen atoms in total. The number of benzene rings is 2. The number of aryl methyl sites for hydroxylation is 2. The minimum absolute atomic E-state index is 0.258. The quantitative estimate of drug-likeness (QED) is 0.767. The number of aromatic nitrogens is 1. The molecular formula is C22H23NO2. The van der Waals surface area contributed by atoms with Gasteiger partial charge < -0.3 is 9.67 Å². The van der Waals surface area contributed by atoms with Gasteiger partial charge in [-0.3, -0.25) is 4.79 Å². The van der Waals surface area contributed by atoms with Crippen LogP contribution in [0.5, 0.6) is 0 Å². The second-order valence-electron chi connectivity index (χ2n) is 7.30. The van der Waals surface area contributed by atoms with E-state index >= 15 is 0 Å². The van der Waals surface area contributed by atoms with Gasteiger partial charge in [-0.1, -0.05) is 41.5 Å². The molecule has 0 spiro atoms. The number of carboxylic acid groups (broad SMARTS) is 1. The summed E-state index contributed by atoms with van der Waals surface area (Å²) in [6.07, 6.45) is 2.21. The summed E-state index contributed by atoms with van der Waals surface area (Å²) in [5.41, 5.74) is 7.57. The van der Waals surface area contributed by atoms with E-state index in [0.29, 0.717) is 6.42 Å². The smallest absolute Gasteiger partial charge is 0.306 e. The fourth-order valence-corrected chi connectivity index (χ4v) is 4.15. The molecule has 1 aliphatic rings. The zero-order valence-electron chi connectivity index (χ0n) is 14.7. The van der Waals surface area contributed by atoms with E-state index in [1.807, 2.05) is 0 Å². The van der Waals surface area contributed by atoms with Crippen LogP contribution in [-0.4, -0.2) is 15.6 Å². The first-order valence-corrected chi connectivity index (χ1v) is 8.92. The Balaban J connectivity index is 1.86. The van der Waals surface area contributed by atoms with Crippen LogP contribution in [0.4, 0.5) is 0 Å². The first-order valence-electron chi connectivity index (χ1n) is 8.92. The zero-order chi connectivity index (χ0) is 17.6. The molecule has 3 aromatic rings. The van der Waals surface area contributed by atoms with Crippen molar-refractivity contribution < 1.29 is 9.90 Å². The van der Waals surface area contributed by atoms with Gasteiger partial charge in [-0.25, -0.2) is 0 Å². The van der Waals surface area contributed by atoms with E-state index in [0.717, 1.165) is 19.4 Å². The fourth-order valence-electron chi connectivity index (χ4n) is 4.15. The van der Waals surface area contributed by atoms with Gasteiger partial charge in [-0.05, 0) is 56.4 Å². The van der Waals surface area contributed by atoms with Crippen LogP contribution < -0.4 is 0 Å². The molecule has 0 aliphatic heterocycles. The van der Waals surface area contributed by atoms with Crippen LogP contribution in [0, 0.1) is 19.8 Å². The Kier molecular flexibility index (Phi) is 3.87. The summed E-state index contributed by atoms with van der Waals surface area (Å²) in [7, 11) is 0. The Hall–Kier alpha value is -2.55. The van der Waals surface area contributed by atoms with Gasteiger partial charge >= 0.3 is 5.97 Å². The Bertz CT molecular complexity index is 968. The van der Waals surface area contributed by atoms with Gasteiger partial charge in [0.15, 0.2) is 0 Å². The molecule has 2 aromatic carbocycles. The lowest BCUT2D eigenvalue weighted by molar-refractivity contribution is -0.142. The van der Waals surface area contributed by atoms with Crippen molar-refractivity contribution in [1.82, 2.24) is 4.57 Å². The van der Waals surface area contributed by atoms with E-state index in [1.54, 1.807) is 0 Å². The number of rotatable bonds is 3. The van der Waals surface area contributed by atoms with E-state index in [4.69, 9.17) is 0 Å². The summed E-state index contributed by atoms with van der Waals surface area (Å²) in [6.45, 7) is 5.06. The first kappa shape index (κ1) is 15.9. The molecule has 0 fully saturated rings. The molecular weight excluding hydrogens is 310 g/mol. The van der Waals surface area contributed by atoms with Crippen LogP contribution >= 0.6 is 0 Å². The molecule has 128 valence electrons. The molecule has 1 unspecified atom stereocenters. The number of fused-ring (bicyclic) bond motifs is 3. The number of carboxylic acids is 1. The summed E-state index contributed by atoms with van der Waals surface area (Å²) in [5, 5.41) is 10.7. The summed E-state index contributed by atoms with van der Waals surface area (Å²) < 4.78 is 2.40. The number of hydrogen-bond acceptors (Lipinski definition) is 1. The molecule has 1 aliphatic carbocycles. The van der Waals surface area contributed by atoms with Gasteiger partial charge in [0.25, 0.3) is 0 Å². The second kappa shape index (κ2) is 6.07. The van der Waals surface area contributed by atoms with Crippen LogP contribution in [0.2, 0.25) is 0 Å². The predicted octanol–water partition coefficient (Wildman–Crippen LogP) is 4.50. The average Bonchev–Trinajstić information content (AvgIpc) is 2.88. The van der Waals surface area contributed by atoms with Gasteiger partial charge in [-0.15, -0.1) is 0 Å². The third-order valence-electron chi connectivity index (χ3n) is 5.39. The second-order valence-corrected chi connectivity index (χ2v) is 7.30. The molecule has 4 rings (SSSR count). The van der Waals surface area contributed by atoms with Crippen molar-refractivity contribution in [2.75, 3.05) is 0 Å². The fraction of sp³-hybridized carbons (Fsp3) is 0.318. The molecule has 0 saturated heterocycles. The van der Waals surface area contributed by atoms with Crippen molar-refractivity contribution in [3.05, 3.63) is 70.4 Å². The Morgan fingerprint density at radius 1 is 1.16 bits per heavy atom. The minimum Gasteiger partial charge on any atom is -0.481 e. The van der Waals surface area contributed by atoms with Gasteiger partial charge in [0.05, 0.1) is 5.92 Å². The lowest BCUT2D eigenvalue weighted by Crippen LogP contribution is -2.23. The molecule has 0 saturated carbocycles. The maximum atomic E-state index is 11.5. The van der Waals surface area contributed by atoms with E-state index in [2.05, 4.69) is 60.9 Å². The van der Waals surface area contributed by atoms with Crippen molar-refractivity contribution in [3.8, 4) is 0 Å². The lowest BCUT2D eigenvalue weighted by Gasteiger charge is -2.21. The van der Waals surface area contributed by atoms with Crippen LogP contribution in [0.25, 0.3) is 10.9 Å². The number of nitrogens with zero attached hydrogens (tertiary/aromatic N) is 1. The van der Waals surface area contributed by atoms with Crippen LogP contribution in [0.15, 0.2) is 42.5 Å². The van der Waals surface area contributed by atoms with Crippen LogP contribution in [0.1, 0.15) is 34.4 Å². The minimum atomic E-state index is -0.669. The Morgan fingerprint density at radius 2 is 1.96 bits per heavy atom. The standard InChI is InChI=1S/C22H23NO2/c1-14-4-3-5-16(10-14)13-23-20-8-6-15(2)11-18(20)19-12-17(22(24)25)7-9-21(19)23/h3-6,8,10-11,17H,7,9,12-13H2,1-2H3,(H,24,25). The number of carbonyl (C=O) groups is 1. The summed E-state index contributed by atoms with van der Waals surface area (Å²) in [6, 6.07) is 15.2. The van der Waals surface area contributed by atoms with Crippen LogP contribution in [-0.2, 0) is 24.2 Å². The first-order chi connectivity index (χ1) is 12.0. The predicted molar refractivity (Wildman–Crippen MR) is 100 cm³/mol.